The number of carbonyl (C=O) groups is 1. The van der Waals surface area contributed by atoms with Crippen molar-refractivity contribution < 1.29 is 4.79 Å². The molecule has 1 amide bonds. The van der Waals surface area contributed by atoms with E-state index in [9.17, 15) is 4.79 Å². The Bertz CT molecular complexity index is 677. The summed E-state index contributed by atoms with van der Waals surface area (Å²) in [7, 11) is 0. The highest BCUT2D eigenvalue weighted by atomic mass is 32.2. The van der Waals surface area contributed by atoms with Crippen molar-refractivity contribution in [2.24, 2.45) is 0 Å². The van der Waals surface area contributed by atoms with Gasteiger partial charge in [-0.3, -0.25) is 9.78 Å². The third kappa shape index (κ3) is 3.42. The lowest BCUT2D eigenvalue weighted by atomic mass is 9.86. The van der Waals surface area contributed by atoms with Crippen LogP contribution in [0, 0.1) is 0 Å². The van der Waals surface area contributed by atoms with Gasteiger partial charge in [0.25, 0.3) is 5.91 Å². The summed E-state index contributed by atoms with van der Waals surface area (Å²) in [6, 6.07) is 12.0. The largest absolute Gasteiger partial charge is 0.322 e. The van der Waals surface area contributed by atoms with Crippen LogP contribution in [0.5, 0.6) is 0 Å². The number of rotatable bonds is 2. The van der Waals surface area contributed by atoms with Crippen LogP contribution in [0.3, 0.4) is 0 Å². The minimum Gasteiger partial charge on any atom is -0.322 e. The normalized spacial score (nSPS) is 18.2. The van der Waals surface area contributed by atoms with Crippen LogP contribution in [0.4, 0.5) is 0 Å². The Kier molecular flexibility index (Phi) is 4.44. The average Bonchev–Trinajstić information content (AvgIpc) is 3.04. The lowest BCUT2D eigenvalue weighted by molar-refractivity contribution is 0.0760. The molecule has 1 atom stereocenters. The van der Waals surface area contributed by atoms with Crippen molar-refractivity contribution >= 4 is 17.7 Å². The molecule has 23 heavy (non-hydrogen) atoms. The molecule has 0 aliphatic carbocycles. The zero-order valence-corrected chi connectivity index (χ0v) is 14.6. The SMILES string of the molecule is CC(C)(C)c1ccc(C(=O)N2CCS[C@H]2c2ccncc2)cc1. The van der Waals surface area contributed by atoms with Gasteiger partial charge >= 0.3 is 0 Å². The van der Waals surface area contributed by atoms with E-state index >= 15 is 0 Å². The van der Waals surface area contributed by atoms with Crippen molar-refractivity contribution in [3.8, 4) is 0 Å². The second kappa shape index (κ2) is 6.36. The van der Waals surface area contributed by atoms with E-state index in [0.29, 0.717) is 0 Å². The smallest absolute Gasteiger partial charge is 0.255 e. The van der Waals surface area contributed by atoms with E-state index in [4.69, 9.17) is 0 Å². The van der Waals surface area contributed by atoms with Gasteiger partial charge in [0, 0.05) is 30.3 Å². The molecule has 120 valence electrons. The van der Waals surface area contributed by atoms with Crippen LogP contribution in [-0.2, 0) is 5.41 Å². The van der Waals surface area contributed by atoms with Crippen molar-refractivity contribution in [1.29, 1.82) is 0 Å². The van der Waals surface area contributed by atoms with Crippen LogP contribution in [0.1, 0.15) is 47.6 Å². The molecule has 0 N–H and O–H groups in total. The van der Waals surface area contributed by atoms with E-state index in [2.05, 4.69) is 37.9 Å². The van der Waals surface area contributed by atoms with E-state index in [1.807, 2.05) is 40.9 Å². The molecule has 4 heteroatoms. The van der Waals surface area contributed by atoms with E-state index in [1.165, 1.54) is 5.56 Å². The second-order valence-electron chi connectivity index (χ2n) is 6.83. The van der Waals surface area contributed by atoms with Crippen LogP contribution in [0.2, 0.25) is 0 Å². The number of carbonyl (C=O) groups excluding carboxylic acids is 1. The average molecular weight is 326 g/mol. The zero-order chi connectivity index (χ0) is 16.4. The van der Waals surface area contributed by atoms with E-state index in [0.717, 1.165) is 23.4 Å². The van der Waals surface area contributed by atoms with Crippen LogP contribution in [0.25, 0.3) is 0 Å². The molecule has 1 aliphatic heterocycles. The van der Waals surface area contributed by atoms with Gasteiger partial charge in [0.1, 0.15) is 5.37 Å². The molecule has 2 aromatic rings. The monoisotopic (exact) mass is 326 g/mol. The number of thioether (sulfide) groups is 1. The van der Waals surface area contributed by atoms with Crippen molar-refractivity contribution in [1.82, 2.24) is 9.88 Å². The molecule has 1 aromatic heterocycles. The predicted octanol–water partition coefficient (Wildman–Crippen LogP) is 4.27. The first-order chi connectivity index (χ1) is 11.0. The summed E-state index contributed by atoms with van der Waals surface area (Å²) < 4.78 is 0. The van der Waals surface area contributed by atoms with Gasteiger partial charge < -0.3 is 4.90 Å². The van der Waals surface area contributed by atoms with Gasteiger partial charge in [-0.15, -0.1) is 11.8 Å². The molecular weight excluding hydrogens is 304 g/mol. The zero-order valence-electron chi connectivity index (χ0n) is 13.8. The fraction of sp³-hybridized carbons (Fsp3) is 0.368. The number of hydrogen-bond donors (Lipinski definition) is 0. The fourth-order valence-corrected chi connectivity index (χ4v) is 4.02. The van der Waals surface area contributed by atoms with Gasteiger partial charge in [0.2, 0.25) is 0 Å². The number of hydrogen-bond acceptors (Lipinski definition) is 3. The Morgan fingerprint density at radius 1 is 1.13 bits per heavy atom. The minimum absolute atomic E-state index is 0.0905. The molecule has 3 nitrogen and oxygen atoms in total. The summed E-state index contributed by atoms with van der Waals surface area (Å²) in [4.78, 5) is 18.9. The summed E-state index contributed by atoms with van der Waals surface area (Å²) in [5.74, 6) is 1.08. The lowest BCUT2D eigenvalue weighted by Crippen LogP contribution is -2.30. The summed E-state index contributed by atoms with van der Waals surface area (Å²) in [6.07, 6.45) is 3.57. The molecular formula is C19H22N2OS. The van der Waals surface area contributed by atoms with Gasteiger partial charge in [0.15, 0.2) is 0 Å². The Morgan fingerprint density at radius 3 is 2.39 bits per heavy atom. The first kappa shape index (κ1) is 16.1. The first-order valence-corrected chi connectivity index (χ1v) is 8.95. The van der Waals surface area contributed by atoms with E-state index < -0.39 is 0 Å². The van der Waals surface area contributed by atoms with Crippen molar-refractivity contribution in [3.05, 3.63) is 65.5 Å². The Hall–Kier alpha value is -1.81. The lowest BCUT2D eigenvalue weighted by Gasteiger charge is -2.25. The highest BCUT2D eigenvalue weighted by Crippen LogP contribution is 2.38. The molecule has 0 unspecified atom stereocenters. The maximum Gasteiger partial charge on any atom is 0.255 e. The molecule has 1 fully saturated rings. The molecule has 1 aromatic carbocycles. The third-order valence-electron chi connectivity index (χ3n) is 4.14. The van der Waals surface area contributed by atoms with Crippen LogP contribution in [-0.4, -0.2) is 28.1 Å². The molecule has 0 spiro atoms. The summed E-state index contributed by atoms with van der Waals surface area (Å²) in [6.45, 7) is 7.33. The van der Waals surface area contributed by atoms with Gasteiger partial charge in [0.05, 0.1) is 0 Å². The van der Waals surface area contributed by atoms with E-state index in [1.54, 1.807) is 12.4 Å². The van der Waals surface area contributed by atoms with Gasteiger partial charge in [-0.25, -0.2) is 0 Å². The quantitative estimate of drug-likeness (QED) is 0.826. The highest BCUT2D eigenvalue weighted by molar-refractivity contribution is 7.99. The van der Waals surface area contributed by atoms with Crippen molar-refractivity contribution in [2.45, 2.75) is 31.6 Å². The van der Waals surface area contributed by atoms with Gasteiger partial charge in [-0.1, -0.05) is 32.9 Å². The number of aromatic nitrogens is 1. The maximum absolute atomic E-state index is 12.9. The standard InChI is InChI=1S/C19H22N2OS/c1-19(2,3)16-6-4-14(5-7-16)17(22)21-12-13-23-18(21)15-8-10-20-11-9-15/h4-11,18H,12-13H2,1-3H3/t18-/m0/s1. The molecule has 1 saturated heterocycles. The number of benzene rings is 1. The van der Waals surface area contributed by atoms with Gasteiger partial charge in [-0.05, 0) is 40.8 Å². The third-order valence-corrected chi connectivity index (χ3v) is 5.40. The molecule has 3 rings (SSSR count). The topological polar surface area (TPSA) is 33.2 Å². The van der Waals surface area contributed by atoms with E-state index in [-0.39, 0.29) is 16.7 Å². The molecule has 0 bridgehead atoms. The molecule has 1 aliphatic rings. The number of pyridine rings is 1. The molecule has 0 radical (unpaired) electrons. The Morgan fingerprint density at radius 2 is 1.78 bits per heavy atom. The summed E-state index contributed by atoms with van der Waals surface area (Å²) >= 11 is 1.81. The molecule has 0 saturated carbocycles. The first-order valence-electron chi connectivity index (χ1n) is 7.90. The fourth-order valence-electron chi connectivity index (χ4n) is 2.76. The van der Waals surface area contributed by atoms with Crippen LogP contribution >= 0.6 is 11.8 Å². The number of amides is 1. The van der Waals surface area contributed by atoms with Crippen LogP contribution < -0.4 is 0 Å². The summed E-state index contributed by atoms with van der Waals surface area (Å²) in [5, 5.41) is 0.0905. The number of nitrogens with zero attached hydrogens (tertiary/aromatic N) is 2. The Balaban J connectivity index is 1.82. The highest BCUT2D eigenvalue weighted by Gasteiger charge is 2.31. The maximum atomic E-state index is 12.9. The predicted molar refractivity (Wildman–Crippen MR) is 95.6 cm³/mol. The van der Waals surface area contributed by atoms with Crippen molar-refractivity contribution in [2.75, 3.05) is 12.3 Å². The van der Waals surface area contributed by atoms with Gasteiger partial charge in [-0.2, -0.15) is 0 Å². The Labute approximate surface area is 142 Å². The second-order valence-corrected chi connectivity index (χ2v) is 8.02. The minimum atomic E-state index is 0.0905. The summed E-state index contributed by atoms with van der Waals surface area (Å²) in [5.41, 5.74) is 3.25. The molecule has 2 heterocycles. The van der Waals surface area contributed by atoms with Crippen molar-refractivity contribution in [3.63, 3.8) is 0 Å². The van der Waals surface area contributed by atoms with Crippen LogP contribution in [0.15, 0.2) is 48.8 Å².